The first kappa shape index (κ1) is 8.55. The van der Waals surface area contributed by atoms with Gasteiger partial charge in [-0.1, -0.05) is 0 Å². The van der Waals surface area contributed by atoms with Crippen LogP contribution in [0.15, 0.2) is 30.6 Å². The molecule has 72 valence electrons. The topological polar surface area (TPSA) is 76.8 Å². The number of hydrogen-bond donors (Lipinski definition) is 2. The van der Waals surface area contributed by atoms with Gasteiger partial charge in [0, 0.05) is 5.69 Å². The van der Waals surface area contributed by atoms with Crippen LogP contribution in [0.5, 0.6) is 5.75 Å². The number of hydrogen-bond acceptors (Lipinski definition) is 4. The summed E-state index contributed by atoms with van der Waals surface area (Å²) in [7, 11) is 0. The molecule has 0 saturated heterocycles. The van der Waals surface area contributed by atoms with Gasteiger partial charge in [-0.2, -0.15) is 5.10 Å². The fourth-order valence-corrected chi connectivity index (χ4v) is 1.02. The van der Waals surface area contributed by atoms with E-state index in [1.165, 1.54) is 6.33 Å². The second-order valence-electron chi connectivity index (χ2n) is 2.79. The Balaban J connectivity index is 1.95. The maximum absolute atomic E-state index is 5.53. The van der Waals surface area contributed by atoms with Gasteiger partial charge in [0.2, 0.25) is 0 Å². The second-order valence-corrected chi connectivity index (χ2v) is 2.79. The first-order valence-corrected chi connectivity index (χ1v) is 4.17. The number of nitrogen functional groups attached to an aromatic ring is 1. The molecule has 1 aromatic heterocycles. The fraction of sp³-hybridized carbons (Fsp3) is 0.111. The molecule has 5 heteroatoms. The van der Waals surface area contributed by atoms with Gasteiger partial charge in [-0.15, -0.1) is 0 Å². The maximum Gasteiger partial charge on any atom is 0.162 e. The summed E-state index contributed by atoms with van der Waals surface area (Å²) in [6.07, 6.45) is 1.45. The maximum atomic E-state index is 5.53. The minimum absolute atomic E-state index is 0.379. The van der Waals surface area contributed by atoms with E-state index in [1.54, 1.807) is 12.1 Å². The van der Waals surface area contributed by atoms with Crippen molar-refractivity contribution in [2.75, 3.05) is 5.73 Å². The molecule has 0 aliphatic carbocycles. The lowest BCUT2D eigenvalue weighted by molar-refractivity contribution is 0.296. The number of rotatable bonds is 3. The smallest absolute Gasteiger partial charge is 0.162 e. The van der Waals surface area contributed by atoms with E-state index in [0.717, 1.165) is 11.4 Å². The van der Waals surface area contributed by atoms with Crippen molar-refractivity contribution < 1.29 is 4.74 Å². The molecular weight excluding hydrogens is 180 g/mol. The molecule has 0 spiro atoms. The number of aromatic nitrogens is 3. The standard InChI is InChI=1S/C9H10N4O/c10-7-1-3-8(4-2-7)14-5-9-11-6-12-13-9/h1-4,6H,5,10H2,(H,11,12,13). The molecule has 2 aromatic rings. The van der Waals surface area contributed by atoms with Crippen molar-refractivity contribution in [3.63, 3.8) is 0 Å². The Kier molecular flexibility index (Phi) is 2.31. The summed E-state index contributed by atoms with van der Waals surface area (Å²) in [6.45, 7) is 0.379. The lowest BCUT2D eigenvalue weighted by Gasteiger charge is -2.03. The number of aromatic amines is 1. The average Bonchev–Trinajstić information content (AvgIpc) is 2.70. The summed E-state index contributed by atoms with van der Waals surface area (Å²) < 4.78 is 5.42. The summed E-state index contributed by atoms with van der Waals surface area (Å²) in [6, 6.07) is 7.20. The van der Waals surface area contributed by atoms with Gasteiger partial charge in [-0.05, 0) is 24.3 Å². The van der Waals surface area contributed by atoms with E-state index >= 15 is 0 Å². The van der Waals surface area contributed by atoms with E-state index in [0.29, 0.717) is 12.4 Å². The van der Waals surface area contributed by atoms with E-state index in [-0.39, 0.29) is 0 Å². The van der Waals surface area contributed by atoms with Crippen LogP contribution in [-0.2, 0) is 6.61 Å². The zero-order chi connectivity index (χ0) is 9.80. The molecule has 3 N–H and O–H groups in total. The van der Waals surface area contributed by atoms with Crippen LogP contribution in [0.2, 0.25) is 0 Å². The van der Waals surface area contributed by atoms with E-state index in [9.17, 15) is 0 Å². The van der Waals surface area contributed by atoms with Crippen LogP contribution in [0, 0.1) is 0 Å². The van der Waals surface area contributed by atoms with Crippen molar-refractivity contribution in [3.8, 4) is 5.75 Å². The molecule has 5 nitrogen and oxygen atoms in total. The minimum atomic E-state index is 0.379. The summed E-state index contributed by atoms with van der Waals surface area (Å²) >= 11 is 0. The van der Waals surface area contributed by atoms with Crippen molar-refractivity contribution in [2.45, 2.75) is 6.61 Å². The highest BCUT2D eigenvalue weighted by Crippen LogP contribution is 2.13. The van der Waals surface area contributed by atoms with Gasteiger partial charge in [0.15, 0.2) is 5.82 Å². The number of H-pyrrole nitrogens is 1. The Labute approximate surface area is 80.9 Å². The van der Waals surface area contributed by atoms with E-state index in [4.69, 9.17) is 10.5 Å². The molecule has 0 saturated carbocycles. The number of nitrogens with zero attached hydrogens (tertiary/aromatic N) is 2. The molecule has 0 atom stereocenters. The van der Waals surface area contributed by atoms with Gasteiger partial charge in [0.05, 0.1) is 0 Å². The number of nitrogens with two attached hydrogens (primary N) is 1. The lowest BCUT2D eigenvalue weighted by Crippen LogP contribution is -1.97. The van der Waals surface area contributed by atoms with E-state index < -0.39 is 0 Å². The number of ether oxygens (including phenoxy) is 1. The number of benzene rings is 1. The van der Waals surface area contributed by atoms with Crippen LogP contribution in [0.1, 0.15) is 5.82 Å². The largest absolute Gasteiger partial charge is 0.486 e. The molecule has 1 heterocycles. The van der Waals surface area contributed by atoms with Crippen LogP contribution in [0.25, 0.3) is 0 Å². The van der Waals surface area contributed by atoms with Crippen LogP contribution in [-0.4, -0.2) is 15.2 Å². The monoisotopic (exact) mass is 190 g/mol. The van der Waals surface area contributed by atoms with Crippen molar-refractivity contribution >= 4 is 5.69 Å². The molecule has 0 fully saturated rings. The Hall–Kier alpha value is -2.04. The van der Waals surface area contributed by atoms with Gasteiger partial charge >= 0.3 is 0 Å². The molecule has 0 unspecified atom stereocenters. The second kappa shape index (κ2) is 3.78. The molecule has 0 amide bonds. The lowest BCUT2D eigenvalue weighted by atomic mass is 10.3. The molecule has 2 rings (SSSR count). The van der Waals surface area contributed by atoms with Gasteiger partial charge in [-0.25, -0.2) is 4.98 Å². The normalized spacial score (nSPS) is 10.0. The summed E-state index contributed by atoms with van der Waals surface area (Å²) in [5, 5.41) is 6.42. The summed E-state index contributed by atoms with van der Waals surface area (Å²) in [5.74, 6) is 1.46. The zero-order valence-electron chi connectivity index (χ0n) is 7.47. The molecule has 0 radical (unpaired) electrons. The predicted octanol–water partition coefficient (Wildman–Crippen LogP) is 0.966. The molecule has 0 aliphatic rings. The van der Waals surface area contributed by atoms with Crippen LogP contribution in [0.4, 0.5) is 5.69 Å². The van der Waals surface area contributed by atoms with Crippen molar-refractivity contribution in [1.82, 2.24) is 15.2 Å². The number of nitrogens with one attached hydrogen (secondary N) is 1. The molecule has 1 aromatic carbocycles. The molecule has 0 aliphatic heterocycles. The Morgan fingerprint density at radius 2 is 2.07 bits per heavy atom. The van der Waals surface area contributed by atoms with Crippen molar-refractivity contribution in [3.05, 3.63) is 36.4 Å². The highest BCUT2D eigenvalue weighted by atomic mass is 16.5. The third-order valence-corrected chi connectivity index (χ3v) is 1.72. The summed E-state index contributed by atoms with van der Waals surface area (Å²) in [4.78, 5) is 3.93. The van der Waals surface area contributed by atoms with Crippen LogP contribution >= 0.6 is 0 Å². The third-order valence-electron chi connectivity index (χ3n) is 1.72. The third kappa shape index (κ3) is 2.01. The van der Waals surface area contributed by atoms with Crippen LogP contribution < -0.4 is 10.5 Å². The van der Waals surface area contributed by atoms with Gasteiger partial charge in [0.1, 0.15) is 18.7 Å². The van der Waals surface area contributed by atoms with Gasteiger partial charge < -0.3 is 10.5 Å². The SMILES string of the molecule is Nc1ccc(OCc2ncn[nH]2)cc1. The van der Waals surface area contributed by atoms with Crippen molar-refractivity contribution in [2.24, 2.45) is 0 Å². The minimum Gasteiger partial charge on any atom is -0.486 e. The average molecular weight is 190 g/mol. The molecule has 14 heavy (non-hydrogen) atoms. The Morgan fingerprint density at radius 1 is 1.29 bits per heavy atom. The predicted molar refractivity (Wildman–Crippen MR) is 51.6 cm³/mol. The molecule has 0 bridgehead atoms. The van der Waals surface area contributed by atoms with Crippen LogP contribution in [0.3, 0.4) is 0 Å². The highest BCUT2D eigenvalue weighted by molar-refractivity contribution is 5.41. The van der Waals surface area contributed by atoms with Gasteiger partial charge in [-0.3, -0.25) is 5.10 Å². The molecular formula is C9H10N4O. The number of anilines is 1. The van der Waals surface area contributed by atoms with Crippen molar-refractivity contribution in [1.29, 1.82) is 0 Å². The summed E-state index contributed by atoms with van der Waals surface area (Å²) in [5.41, 5.74) is 6.25. The first-order chi connectivity index (χ1) is 6.84. The van der Waals surface area contributed by atoms with Gasteiger partial charge in [0.25, 0.3) is 0 Å². The van der Waals surface area contributed by atoms with E-state index in [2.05, 4.69) is 15.2 Å². The van der Waals surface area contributed by atoms with E-state index in [1.807, 2.05) is 12.1 Å². The first-order valence-electron chi connectivity index (χ1n) is 4.17. The fourth-order valence-electron chi connectivity index (χ4n) is 1.02. The Morgan fingerprint density at radius 3 is 2.71 bits per heavy atom. The Bertz CT molecular complexity index is 382. The quantitative estimate of drug-likeness (QED) is 0.707. The highest BCUT2D eigenvalue weighted by Gasteiger charge is 1.97. The zero-order valence-corrected chi connectivity index (χ0v) is 7.47.